The largest absolute Gasteiger partial charge is 0.484 e. The van der Waals surface area contributed by atoms with E-state index in [4.69, 9.17) is 4.74 Å². The Morgan fingerprint density at radius 3 is 2.36 bits per heavy atom. The summed E-state index contributed by atoms with van der Waals surface area (Å²) in [6.07, 6.45) is 8.01. The lowest BCUT2D eigenvalue weighted by Gasteiger charge is -2.19. The van der Waals surface area contributed by atoms with Gasteiger partial charge in [0.1, 0.15) is 11.6 Å². The van der Waals surface area contributed by atoms with Crippen molar-refractivity contribution in [3.05, 3.63) is 42.5 Å². The monoisotopic (exact) mass is 344 g/mol. The number of hydrogen-bond donors (Lipinski definition) is 1. The van der Waals surface area contributed by atoms with Crippen molar-refractivity contribution in [2.45, 2.75) is 25.7 Å². The second-order valence-corrected chi connectivity index (χ2v) is 5.96. The van der Waals surface area contributed by atoms with Gasteiger partial charge >= 0.3 is 0 Å². The van der Waals surface area contributed by atoms with E-state index in [1.807, 2.05) is 0 Å². The van der Waals surface area contributed by atoms with Crippen LogP contribution >= 0.6 is 0 Å². The van der Waals surface area contributed by atoms with Gasteiger partial charge in [0, 0.05) is 13.1 Å². The zero-order chi connectivity index (χ0) is 17.5. The van der Waals surface area contributed by atoms with Gasteiger partial charge in [-0.1, -0.05) is 12.8 Å². The smallest absolute Gasteiger partial charge is 0.262 e. The minimum atomic E-state index is -0.349. The number of aromatic nitrogens is 2. The summed E-state index contributed by atoms with van der Waals surface area (Å²) in [5, 5.41) is 2.68. The predicted octanol–water partition coefficient (Wildman–Crippen LogP) is 3.01. The number of ether oxygens (including phenoxy) is 1. The molecular formula is C18H21FN4O2. The van der Waals surface area contributed by atoms with Crippen molar-refractivity contribution < 1.29 is 13.9 Å². The lowest BCUT2D eigenvalue weighted by atomic mass is 10.2. The number of carbonyl (C=O) groups excluding carboxylic acids is 1. The highest BCUT2D eigenvalue weighted by molar-refractivity contribution is 5.91. The summed E-state index contributed by atoms with van der Waals surface area (Å²) >= 11 is 0. The van der Waals surface area contributed by atoms with Crippen molar-refractivity contribution in [1.82, 2.24) is 9.97 Å². The van der Waals surface area contributed by atoms with Crippen molar-refractivity contribution in [1.29, 1.82) is 0 Å². The predicted molar refractivity (Wildman–Crippen MR) is 93.2 cm³/mol. The third kappa shape index (κ3) is 5.14. The average Bonchev–Trinajstić information content (AvgIpc) is 2.91. The van der Waals surface area contributed by atoms with Gasteiger partial charge in [-0.05, 0) is 37.1 Å². The minimum Gasteiger partial charge on any atom is -0.484 e. The molecule has 0 bridgehead atoms. The highest BCUT2D eigenvalue weighted by Gasteiger charge is 2.12. The van der Waals surface area contributed by atoms with Crippen LogP contribution in [-0.2, 0) is 4.79 Å². The van der Waals surface area contributed by atoms with Gasteiger partial charge < -0.3 is 15.0 Å². The van der Waals surface area contributed by atoms with Crippen molar-refractivity contribution in [2.75, 3.05) is 29.9 Å². The van der Waals surface area contributed by atoms with Crippen LogP contribution in [0.2, 0.25) is 0 Å². The SMILES string of the molecule is O=C(COc1ccc(F)cc1)Nc1cnc(N2CCCCCC2)nc1. The molecule has 2 aromatic rings. The first kappa shape index (κ1) is 17.1. The molecule has 132 valence electrons. The molecule has 1 aliphatic rings. The fourth-order valence-electron chi connectivity index (χ4n) is 2.70. The molecule has 1 saturated heterocycles. The molecule has 0 unspecified atom stereocenters. The molecule has 1 fully saturated rings. The normalized spacial score (nSPS) is 14.7. The number of rotatable bonds is 5. The maximum atomic E-state index is 12.8. The highest BCUT2D eigenvalue weighted by Crippen LogP contribution is 2.16. The highest BCUT2D eigenvalue weighted by atomic mass is 19.1. The van der Waals surface area contributed by atoms with Crippen LogP contribution in [0.4, 0.5) is 16.0 Å². The Kier molecular flexibility index (Phi) is 5.77. The van der Waals surface area contributed by atoms with E-state index in [0.717, 1.165) is 25.9 Å². The van der Waals surface area contributed by atoms with Gasteiger partial charge in [0.15, 0.2) is 6.61 Å². The van der Waals surface area contributed by atoms with Crippen molar-refractivity contribution >= 4 is 17.5 Å². The van der Waals surface area contributed by atoms with Crippen LogP contribution in [0.3, 0.4) is 0 Å². The second kappa shape index (κ2) is 8.41. The number of nitrogens with one attached hydrogen (secondary N) is 1. The number of carbonyl (C=O) groups is 1. The van der Waals surface area contributed by atoms with Gasteiger partial charge in [0.2, 0.25) is 5.95 Å². The molecule has 0 spiro atoms. The zero-order valence-electron chi connectivity index (χ0n) is 13.9. The topological polar surface area (TPSA) is 67.3 Å². The molecule has 25 heavy (non-hydrogen) atoms. The van der Waals surface area contributed by atoms with E-state index in [1.165, 1.54) is 37.1 Å². The summed E-state index contributed by atoms with van der Waals surface area (Å²) < 4.78 is 18.1. The number of amides is 1. The number of hydrogen-bond acceptors (Lipinski definition) is 5. The summed E-state index contributed by atoms with van der Waals surface area (Å²) in [7, 11) is 0. The molecule has 0 radical (unpaired) electrons. The third-order valence-corrected chi connectivity index (χ3v) is 3.99. The zero-order valence-corrected chi connectivity index (χ0v) is 13.9. The Morgan fingerprint density at radius 2 is 1.72 bits per heavy atom. The summed E-state index contributed by atoms with van der Waals surface area (Å²) in [5.41, 5.74) is 0.520. The molecule has 1 amide bonds. The molecule has 0 saturated carbocycles. The lowest BCUT2D eigenvalue weighted by molar-refractivity contribution is -0.118. The van der Waals surface area contributed by atoms with Crippen LogP contribution in [-0.4, -0.2) is 35.6 Å². The van der Waals surface area contributed by atoms with Crippen LogP contribution < -0.4 is 15.0 Å². The minimum absolute atomic E-state index is 0.167. The van der Waals surface area contributed by atoms with Crippen LogP contribution in [0.1, 0.15) is 25.7 Å². The van der Waals surface area contributed by atoms with E-state index in [-0.39, 0.29) is 18.3 Å². The molecule has 0 aliphatic carbocycles. The fraction of sp³-hybridized carbons (Fsp3) is 0.389. The molecule has 1 N–H and O–H groups in total. The van der Waals surface area contributed by atoms with Gasteiger partial charge in [0.05, 0.1) is 18.1 Å². The van der Waals surface area contributed by atoms with E-state index in [2.05, 4.69) is 20.2 Å². The maximum absolute atomic E-state index is 12.8. The molecule has 1 aliphatic heterocycles. The quantitative estimate of drug-likeness (QED) is 0.903. The number of anilines is 2. The van der Waals surface area contributed by atoms with Crippen molar-refractivity contribution in [3.63, 3.8) is 0 Å². The van der Waals surface area contributed by atoms with Crippen molar-refractivity contribution in [3.8, 4) is 5.75 Å². The van der Waals surface area contributed by atoms with E-state index in [1.54, 1.807) is 12.4 Å². The molecular weight excluding hydrogens is 323 g/mol. The Morgan fingerprint density at radius 1 is 1.08 bits per heavy atom. The Balaban J connectivity index is 1.50. The molecule has 3 rings (SSSR count). The second-order valence-electron chi connectivity index (χ2n) is 5.96. The average molecular weight is 344 g/mol. The molecule has 2 heterocycles. The molecule has 1 aromatic carbocycles. The first-order valence-corrected chi connectivity index (χ1v) is 8.46. The van der Waals surface area contributed by atoms with Crippen LogP contribution in [0.5, 0.6) is 5.75 Å². The standard InChI is InChI=1S/C18H21FN4O2/c19-14-5-7-16(8-6-14)25-13-17(24)22-15-11-20-18(21-12-15)23-9-3-1-2-4-10-23/h5-8,11-12H,1-4,9-10,13H2,(H,22,24). The van der Waals surface area contributed by atoms with E-state index >= 15 is 0 Å². The summed E-state index contributed by atoms with van der Waals surface area (Å²) in [5.74, 6) is 0.459. The summed E-state index contributed by atoms with van der Waals surface area (Å²) in [4.78, 5) is 22.8. The lowest BCUT2D eigenvalue weighted by Crippen LogP contribution is -2.26. The molecule has 1 aromatic heterocycles. The van der Waals surface area contributed by atoms with Gasteiger partial charge in [-0.2, -0.15) is 0 Å². The van der Waals surface area contributed by atoms with E-state index in [9.17, 15) is 9.18 Å². The van der Waals surface area contributed by atoms with Crippen LogP contribution in [0.25, 0.3) is 0 Å². The summed E-state index contributed by atoms with van der Waals surface area (Å²) in [6, 6.07) is 5.51. The summed E-state index contributed by atoms with van der Waals surface area (Å²) in [6.45, 7) is 1.77. The maximum Gasteiger partial charge on any atom is 0.262 e. The first-order chi connectivity index (χ1) is 12.2. The van der Waals surface area contributed by atoms with Gasteiger partial charge in [0.25, 0.3) is 5.91 Å². The number of nitrogens with zero attached hydrogens (tertiary/aromatic N) is 3. The van der Waals surface area contributed by atoms with E-state index in [0.29, 0.717) is 17.4 Å². The van der Waals surface area contributed by atoms with Crippen LogP contribution in [0, 0.1) is 5.82 Å². The Bertz CT molecular complexity index is 683. The van der Waals surface area contributed by atoms with E-state index < -0.39 is 0 Å². The Labute approximate surface area is 146 Å². The first-order valence-electron chi connectivity index (χ1n) is 8.46. The van der Waals surface area contributed by atoms with Gasteiger partial charge in [-0.3, -0.25) is 4.79 Å². The number of halogens is 1. The Hall–Kier alpha value is -2.70. The molecule has 7 heteroatoms. The van der Waals surface area contributed by atoms with Gasteiger partial charge in [-0.15, -0.1) is 0 Å². The van der Waals surface area contributed by atoms with Gasteiger partial charge in [-0.25, -0.2) is 14.4 Å². The fourth-order valence-corrected chi connectivity index (χ4v) is 2.70. The number of benzene rings is 1. The molecule has 0 atom stereocenters. The van der Waals surface area contributed by atoms with Crippen molar-refractivity contribution in [2.24, 2.45) is 0 Å². The third-order valence-electron chi connectivity index (χ3n) is 3.99. The van der Waals surface area contributed by atoms with Crippen LogP contribution in [0.15, 0.2) is 36.7 Å². The molecule has 6 nitrogen and oxygen atoms in total.